The summed E-state index contributed by atoms with van der Waals surface area (Å²) in [5, 5.41) is 6.41. The smallest absolute Gasteiger partial charge is 0.0454 e. The lowest BCUT2D eigenvalue weighted by molar-refractivity contribution is 0.517. The molecule has 0 aromatic carbocycles. The Labute approximate surface area is 63.4 Å². The molecule has 0 atom stereocenters. The van der Waals surface area contributed by atoms with Crippen LogP contribution in [0.4, 0.5) is 0 Å². The first-order valence-electron chi connectivity index (χ1n) is 3.89. The molecule has 62 valence electrons. The Balaban J connectivity index is 2.77. The van der Waals surface area contributed by atoms with Crippen LogP contribution in [0, 0.1) is 5.92 Å². The third-order valence-corrected chi connectivity index (χ3v) is 1.12. The summed E-state index contributed by atoms with van der Waals surface area (Å²) in [6, 6.07) is 0. The van der Waals surface area contributed by atoms with E-state index in [0.29, 0.717) is 6.54 Å². The normalized spacial score (nSPS) is 10.8. The van der Waals surface area contributed by atoms with Gasteiger partial charge in [-0.2, -0.15) is 0 Å². The number of hydrogen-bond acceptors (Lipinski definition) is 3. The van der Waals surface area contributed by atoms with Crippen LogP contribution in [0.2, 0.25) is 0 Å². The maximum absolute atomic E-state index is 5.28. The van der Waals surface area contributed by atoms with Gasteiger partial charge in [0.15, 0.2) is 0 Å². The maximum Gasteiger partial charge on any atom is 0.0454 e. The van der Waals surface area contributed by atoms with Gasteiger partial charge in [0.25, 0.3) is 0 Å². The lowest BCUT2D eigenvalue weighted by Crippen LogP contribution is -2.34. The van der Waals surface area contributed by atoms with Crippen LogP contribution in [-0.2, 0) is 0 Å². The van der Waals surface area contributed by atoms with Gasteiger partial charge in [-0.3, -0.25) is 0 Å². The van der Waals surface area contributed by atoms with E-state index < -0.39 is 0 Å². The molecule has 0 aromatic rings. The average Bonchev–Trinajstić information content (AvgIpc) is 1.87. The van der Waals surface area contributed by atoms with Crippen molar-refractivity contribution < 1.29 is 0 Å². The summed E-state index contributed by atoms with van der Waals surface area (Å²) in [7, 11) is 0. The van der Waals surface area contributed by atoms with Crippen molar-refractivity contribution in [1.82, 2.24) is 10.6 Å². The molecule has 0 heterocycles. The number of nitrogens with two attached hydrogens (primary N) is 1. The first-order valence-corrected chi connectivity index (χ1v) is 3.89. The molecule has 0 radical (unpaired) electrons. The fraction of sp³-hybridized carbons (Fsp3) is 1.00. The Bertz CT molecular complexity index is 63.9. The standard InChI is InChI=1S/C7H19N3/c1-7(2)5-10-6-9-4-3-8/h7,9-10H,3-6,8H2,1-2H3. The van der Waals surface area contributed by atoms with E-state index >= 15 is 0 Å². The van der Waals surface area contributed by atoms with Crippen molar-refractivity contribution in [3.05, 3.63) is 0 Å². The molecule has 0 saturated carbocycles. The van der Waals surface area contributed by atoms with Gasteiger partial charge in [-0.1, -0.05) is 13.8 Å². The van der Waals surface area contributed by atoms with Crippen molar-refractivity contribution in [2.75, 3.05) is 26.3 Å². The van der Waals surface area contributed by atoms with Gasteiger partial charge < -0.3 is 16.4 Å². The zero-order valence-electron chi connectivity index (χ0n) is 6.98. The molecular formula is C7H19N3. The predicted octanol–water partition coefficient (Wildman–Crippen LogP) is -0.262. The van der Waals surface area contributed by atoms with Crippen molar-refractivity contribution in [3.8, 4) is 0 Å². The maximum atomic E-state index is 5.28. The van der Waals surface area contributed by atoms with Gasteiger partial charge in [0.05, 0.1) is 0 Å². The van der Waals surface area contributed by atoms with Crippen molar-refractivity contribution >= 4 is 0 Å². The summed E-state index contributed by atoms with van der Waals surface area (Å²) in [6.45, 7) is 7.92. The van der Waals surface area contributed by atoms with Gasteiger partial charge >= 0.3 is 0 Å². The minimum absolute atomic E-state index is 0.712. The molecule has 10 heavy (non-hydrogen) atoms. The summed E-state index contributed by atoms with van der Waals surface area (Å²) in [6.07, 6.45) is 0. The van der Waals surface area contributed by atoms with Crippen LogP contribution in [0.1, 0.15) is 13.8 Å². The van der Waals surface area contributed by atoms with E-state index in [1.54, 1.807) is 0 Å². The molecule has 0 aliphatic rings. The largest absolute Gasteiger partial charge is 0.329 e. The quantitative estimate of drug-likeness (QED) is 0.356. The van der Waals surface area contributed by atoms with Crippen molar-refractivity contribution in [2.24, 2.45) is 11.7 Å². The Morgan fingerprint density at radius 3 is 2.50 bits per heavy atom. The number of hydrogen-bond donors (Lipinski definition) is 3. The highest BCUT2D eigenvalue weighted by Crippen LogP contribution is 1.84. The Hall–Kier alpha value is -0.120. The molecule has 0 aromatic heterocycles. The first-order chi connectivity index (χ1) is 4.77. The summed E-state index contributed by atoms with van der Waals surface area (Å²) >= 11 is 0. The van der Waals surface area contributed by atoms with Gasteiger partial charge in [0.2, 0.25) is 0 Å². The van der Waals surface area contributed by atoms with Gasteiger partial charge in [-0.05, 0) is 12.5 Å². The molecule has 0 spiro atoms. The minimum Gasteiger partial charge on any atom is -0.329 e. The van der Waals surface area contributed by atoms with E-state index in [4.69, 9.17) is 5.73 Å². The molecule has 0 bridgehead atoms. The predicted molar refractivity (Wildman–Crippen MR) is 44.8 cm³/mol. The van der Waals surface area contributed by atoms with Crippen LogP contribution in [0.15, 0.2) is 0 Å². The van der Waals surface area contributed by atoms with Gasteiger partial charge in [-0.15, -0.1) is 0 Å². The van der Waals surface area contributed by atoms with Crippen molar-refractivity contribution in [2.45, 2.75) is 13.8 Å². The van der Waals surface area contributed by atoms with Crippen LogP contribution >= 0.6 is 0 Å². The van der Waals surface area contributed by atoms with E-state index in [-0.39, 0.29) is 0 Å². The molecule has 0 unspecified atom stereocenters. The second-order valence-electron chi connectivity index (χ2n) is 2.81. The summed E-state index contributed by atoms with van der Waals surface area (Å²) in [5.41, 5.74) is 5.28. The summed E-state index contributed by atoms with van der Waals surface area (Å²) < 4.78 is 0. The lowest BCUT2D eigenvalue weighted by atomic mass is 10.2. The summed E-state index contributed by atoms with van der Waals surface area (Å²) in [5.74, 6) is 0.722. The van der Waals surface area contributed by atoms with Crippen molar-refractivity contribution in [3.63, 3.8) is 0 Å². The highest BCUT2D eigenvalue weighted by atomic mass is 15.1. The molecule has 3 heteroatoms. The van der Waals surface area contributed by atoms with Gasteiger partial charge in [-0.25, -0.2) is 0 Å². The van der Waals surface area contributed by atoms with Gasteiger partial charge in [0.1, 0.15) is 0 Å². The highest BCUT2D eigenvalue weighted by molar-refractivity contribution is 4.50. The molecule has 3 nitrogen and oxygen atoms in total. The molecule has 0 aliphatic heterocycles. The second-order valence-corrected chi connectivity index (χ2v) is 2.81. The van der Waals surface area contributed by atoms with Gasteiger partial charge in [0, 0.05) is 19.8 Å². The third-order valence-electron chi connectivity index (χ3n) is 1.12. The van der Waals surface area contributed by atoms with Crippen molar-refractivity contribution in [1.29, 1.82) is 0 Å². The highest BCUT2D eigenvalue weighted by Gasteiger charge is 1.89. The van der Waals surface area contributed by atoms with E-state index in [1.165, 1.54) is 0 Å². The van der Waals surface area contributed by atoms with Crippen LogP contribution in [-0.4, -0.2) is 26.3 Å². The zero-order valence-corrected chi connectivity index (χ0v) is 6.98. The van der Waals surface area contributed by atoms with Crippen LogP contribution < -0.4 is 16.4 Å². The molecule has 4 N–H and O–H groups in total. The Kier molecular flexibility index (Phi) is 6.91. The topological polar surface area (TPSA) is 50.1 Å². The zero-order chi connectivity index (χ0) is 7.82. The second kappa shape index (κ2) is 6.99. The molecule has 0 saturated heterocycles. The Morgan fingerprint density at radius 1 is 1.30 bits per heavy atom. The van der Waals surface area contributed by atoms with Crippen LogP contribution in [0.25, 0.3) is 0 Å². The first kappa shape index (κ1) is 9.88. The van der Waals surface area contributed by atoms with E-state index in [0.717, 1.165) is 25.7 Å². The van der Waals surface area contributed by atoms with Crippen LogP contribution in [0.3, 0.4) is 0 Å². The van der Waals surface area contributed by atoms with E-state index in [1.807, 2.05) is 0 Å². The fourth-order valence-corrected chi connectivity index (χ4v) is 0.640. The SMILES string of the molecule is CC(C)CNCNCCN. The third kappa shape index (κ3) is 7.88. The lowest BCUT2D eigenvalue weighted by Gasteiger charge is -2.07. The Morgan fingerprint density at radius 2 is 2.00 bits per heavy atom. The fourth-order valence-electron chi connectivity index (χ4n) is 0.640. The average molecular weight is 145 g/mol. The molecule has 0 fully saturated rings. The monoisotopic (exact) mass is 145 g/mol. The molecular weight excluding hydrogens is 126 g/mol. The molecule has 0 amide bonds. The number of nitrogens with one attached hydrogen (secondary N) is 2. The molecule has 0 rings (SSSR count). The minimum atomic E-state index is 0.712. The summed E-state index contributed by atoms with van der Waals surface area (Å²) in [4.78, 5) is 0. The van der Waals surface area contributed by atoms with E-state index in [9.17, 15) is 0 Å². The number of rotatable bonds is 6. The van der Waals surface area contributed by atoms with E-state index in [2.05, 4.69) is 24.5 Å². The molecule has 0 aliphatic carbocycles. The van der Waals surface area contributed by atoms with Crippen LogP contribution in [0.5, 0.6) is 0 Å².